The summed E-state index contributed by atoms with van der Waals surface area (Å²) in [5, 5.41) is 0. The summed E-state index contributed by atoms with van der Waals surface area (Å²) in [5.41, 5.74) is 0. The summed E-state index contributed by atoms with van der Waals surface area (Å²) >= 11 is 0. The van der Waals surface area contributed by atoms with E-state index >= 15 is 0 Å². The van der Waals surface area contributed by atoms with Gasteiger partial charge in [0, 0.05) is 12.2 Å². The summed E-state index contributed by atoms with van der Waals surface area (Å²) in [5.74, 6) is -0.883. The van der Waals surface area contributed by atoms with Crippen LogP contribution in [0, 0.1) is 0 Å². The molecule has 0 saturated heterocycles. The molecule has 16 heavy (non-hydrogen) atoms. The molecular formula is C12H16O4. The zero-order valence-electron chi connectivity index (χ0n) is 9.19. The Labute approximate surface area is 95.2 Å². The second kappa shape index (κ2) is 9.71. The van der Waals surface area contributed by atoms with E-state index < -0.39 is 11.9 Å². The normalized spacial score (nSPS) is 9.75. The zero-order valence-corrected chi connectivity index (χ0v) is 9.19. The van der Waals surface area contributed by atoms with Crippen molar-refractivity contribution in [2.45, 2.75) is 19.3 Å². The number of carbonyl (C=O) groups is 2. The Morgan fingerprint density at radius 1 is 1.06 bits per heavy atom. The third kappa shape index (κ3) is 8.74. The third-order valence-corrected chi connectivity index (χ3v) is 1.62. The van der Waals surface area contributed by atoms with Crippen molar-refractivity contribution in [2.75, 3.05) is 6.61 Å². The van der Waals surface area contributed by atoms with E-state index in [-0.39, 0.29) is 0 Å². The van der Waals surface area contributed by atoms with Gasteiger partial charge in [-0.15, -0.1) is 0 Å². The first-order chi connectivity index (χ1) is 7.70. The van der Waals surface area contributed by atoms with Crippen LogP contribution >= 0.6 is 0 Å². The van der Waals surface area contributed by atoms with Gasteiger partial charge in [-0.05, 0) is 25.3 Å². The largest absolute Gasteiger partial charge is 0.463 e. The smallest absolute Gasteiger partial charge is 0.334 e. The number of allylic oxidation sites excluding steroid dienone is 1. The Bertz CT molecular complexity index is 279. The number of unbranched alkanes of at least 4 members (excludes halogenated alkanes) is 2. The van der Waals surface area contributed by atoms with Crippen LogP contribution in [0.25, 0.3) is 0 Å². The second-order valence-corrected chi connectivity index (χ2v) is 2.88. The molecule has 0 radical (unpaired) electrons. The Morgan fingerprint density at radius 2 is 1.75 bits per heavy atom. The van der Waals surface area contributed by atoms with Gasteiger partial charge in [-0.3, -0.25) is 0 Å². The fourth-order valence-electron chi connectivity index (χ4n) is 0.827. The van der Waals surface area contributed by atoms with Crippen molar-refractivity contribution in [3.8, 4) is 0 Å². The molecule has 0 aromatic rings. The van der Waals surface area contributed by atoms with Crippen LogP contribution in [0.3, 0.4) is 0 Å². The summed E-state index contributed by atoms with van der Waals surface area (Å²) in [4.78, 5) is 21.2. The van der Waals surface area contributed by atoms with E-state index in [4.69, 9.17) is 4.74 Å². The van der Waals surface area contributed by atoms with Gasteiger partial charge in [-0.25, -0.2) is 9.59 Å². The van der Waals surface area contributed by atoms with Crippen molar-refractivity contribution in [3.05, 3.63) is 37.6 Å². The third-order valence-electron chi connectivity index (χ3n) is 1.62. The molecule has 0 aromatic heterocycles. The highest BCUT2D eigenvalue weighted by atomic mass is 16.5. The SMILES string of the molecule is C=CC(=O)OC=CCCCCOC(=O)C=C. The van der Waals surface area contributed by atoms with Gasteiger partial charge in [0.25, 0.3) is 0 Å². The quantitative estimate of drug-likeness (QED) is 0.274. The molecule has 0 aliphatic rings. The van der Waals surface area contributed by atoms with Crippen molar-refractivity contribution in [1.29, 1.82) is 0 Å². The number of rotatable bonds is 8. The van der Waals surface area contributed by atoms with E-state index in [2.05, 4.69) is 17.9 Å². The molecule has 0 aliphatic carbocycles. The van der Waals surface area contributed by atoms with Gasteiger partial charge in [-0.1, -0.05) is 13.2 Å². The molecule has 0 fully saturated rings. The molecule has 88 valence electrons. The summed E-state index contributed by atoms with van der Waals surface area (Å²) in [6, 6.07) is 0. The average Bonchev–Trinajstić information content (AvgIpc) is 2.31. The number of ether oxygens (including phenoxy) is 2. The molecule has 0 bridgehead atoms. The van der Waals surface area contributed by atoms with E-state index in [1.807, 2.05) is 0 Å². The number of esters is 2. The number of carbonyl (C=O) groups excluding carboxylic acids is 2. The first-order valence-electron chi connectivity index (χ1n) is 4.98. The lowest BCUT2D eigenvalue weighted by atomic mass is 10.2. The summed E-state index contributed by atoms with van der Waals surface area (Å²) in [6.45, 7) is 6.92. The maximum Gasteiger partial charge on any atom is 0.334 e. The lowest BCUT2D eigenvalue weighted by Crippen LogP contribution is -2.01. The van der Waals surface area contributed by atoms with Crippen molar-refractivity contribution in [1.82, 2.24) is 0 Å². The van der Waals surface area contributed by atoms with Crippen molar-refractivity contribution in [3.63, 3.8) is 0 Å². The predicted molar refractivity (Wildman–Crippen MR) is 60.4 cm³/mol. The first kappa shape index (κ1) is 14.2. The van der Waals surface area contributed by atoms with Crippen molar-refractivity contribution in [2.24, 2.45) is 0 Å². The predicted octanol–water partition coefficient (Wildman–Crippen LogP) is 2.13. The molecule has 0 atom stereocenters. The molecule has 0 unspecified atom stereocenters. The Hall–Kier alpha value is -1.84. The zero-order chi connectivity index (χ0) is 12.2. The second-order valence-electron chi connectivity index (χ2n) is 2.88. The first-order valence-corrected chi connectivity index (χ1v) is 4.98. The molecule has 4 heteroatoms. The van der Waals surface area contributed by atoms with Gasteiger partial charge >= 0.3 is 11.9 Å². The molecule has 0 rings (SSSR count). The molecule has 0 aliphatic heterocycles. The van der Waals surface area contributed by atoms with Crippen LogP contribution in [-0.2, 0) is 19.1 Å². The fourth-order valence-corrected chi connectivity index (χ4v) is 0.827. The van der Waals surface area contributed by atoms with E-state index in [1.54, 1.807) is 6.08 Å². The highest BCUT2D eigenvalue weighted by Crippen LogP contribution is 1.98. The minimum atomic E-state index is -0.476. The lowest BCUT2D eigenvalue weighted by molar-refractivity contribution is -0.138. The van der Waals surface area contributed by atoms with Gasteiger partial charge in [-0.2, -0.15) is 0 Å². The highest BCUT2D eigenvalue weighted by Gasteiger charge is 1.94. The van der Waals surface area contributed by atoms with Crippen LogP contribution in [-0.4, -0.2) is 18.5 Å². The van der Waals surface area contributed by atoms with E-state index in [0.29, 0.717) is 6.61 Å². The van der Waals surface area contributed by atoms with E-state index in [9.17, 15) is 9.59 Å². The average molecular weight is 224 g/mol. The van der Waals surface area contributed by atoms with Crippen LogP contribution in [0.5, 0.6) is 0 Å². The summed E-state index contributed by atoms with van der Waals surface area (Å²) in [6.07, 6.45) is 7.67. The van der Waals surface area contributed by atoms with Crippen LogP contribution < -0.4 is 0 Å². The number of hydrogen-bond acceptors (Lipinski definition) is 4. The van der Waals surface area contributed by atoms with Crippen LogP contribution in [0.1, 0.15) is 19.3 Å². The Morgan fingerprint density at radius 3 is 2.38 bits per heavy atom. The maximum atomic E-state index is 10.6. The van der Waals surface area contributed by atoms with Gasteiger partial charge < -0.3 is 9.47 Å². The minimum Gasteiger partial charge on any atom is -0.463 e. The standard InChI is InChI=1S/C12H16O4/c1-3-11(13)15-9-7-5-6-8-10-16-12(14)4-2/h3-4,7,9H,1-2,5-6,8,10H2. The Balaban J connectivity index is 3.33. The van der Waals surface area contributed by atoms with Gasteiger partial charge in [0.05, 0.1) is 12.9 Å². The number of hydrogen-bond donors (Lipinski definition) is 0. The molecule has 4 nitrogen and oxygen atoms in total. The molecule has 0 aromatic carbocycles. The van der Waals surface area contributed by atoms with Crippen molar-refractivity contribution < 1.29 is 19.1 Å². The summed E-state index contributed by atoms with van der Waals surface area (Å²) in [7, 11) is 0. The van der Waals surface area contributed by atoms with Gasteiger partial charge in [0.15, 0.2) is 0 Å². The molecule has 0 saturated carbocycles. The summed E-state index contributed by atoms with van der Waals surface area (Å²) < 4.78 is 9.39. The molecular weight excluding hydrogens is 208 g/mol. The Kier molecular flexibility index (Phi) is 8.59. The monoisotopic (exact) mass is 224 g/mol. The van der Waals surface area contributed by atoms with Crippen molar-refractivity contribution >= 4 is 11.9 Å². The van der Waals surface area contributed by atoms with E-state index in [1.165, 1.54) is 6.26 Å². The molecule has 0 spiro atoms. The topological polar surface area (TPSA) is 52.6 Å². The van der Waals surface area contributed by atoms with Crippen LogP contribution in [0.15, 0.2) is 37.6 Å². The fraction of sp³-hybridized carbons (Fsp3) is 0.333. The molecule has 0 heterocycles. The molecule has 0 N–H and O–H groups in total. The van der Waals surface area contributed by atoms with Crippen LogP contribution in [0.4, 0.5) is 0 Å². The maximum absolute atomic E-state index is 10.6. The van der Waals surface area contributed by atoms with Gasteiger partial charge in [0.1, 0.15) is 0 Å². The lowest BCUT2D eigenvalue weighted by Gasteiger charge is -1.99. The van der Waals surface area contributed by atoms with Gasteiger partial charge in [0.2, 0.25) is 0 Å². The molecule has 0 amide bonds. The minimum absolute atomic E-state index is 0.380. The highest BCUT2D eigenvalue weighted by molar-refractivity contribution is 5.81. The van der Waals surface area contributed by atoms with Crippen LogP contribution in [0.2, 0.25) is 0 Å². The van der Waals surface area contributed by atoms with E-state index in [0.717, 1.165) is 31.4 Å².